The summed E-state index contributed by atoms with van der Waals surface area (Å²) in [5.41, 5.74) is 7.86. The third-order valence-corrected chi connectivity index (χ3v) is 4.67. The van der Waals surface area contributed by atoms with E-state index >= 15 is 0 Å². The third kappa shape index (κ3) is 7.02. The number of amidine groups is 1. The molecule has 144 valence electrons. The number of benzene rings is 3. The molecule has 3 rings (SSSR count). The van der Waals surface area contributed by atoms with E-state index in [1.807, 2.05) is 19.1 Å². The average Bonchev–Trinajstić information content (AvgIpc) is 2.61. The van der Waals surface area contributed by atoms with Gasteiger partial charge in [0.15, 0.2) is 0 Å². The van der Waals surface area contributed by atoms with E-state index in [2.05, 4.69) is 35.3 Å². The summed E-state index contributed by atoms with van der Waals surface area (Å²) in [5, 5.41) is 2.51. The Balaban J connectivity index is 0.000000273. The molecule has 0 saturated carbocycles. The van der Waals surface area contributed by atoms with E-state index < -0.39 is 10.1 Å². The fourth-order valence-electron chi connectivity index (χ4n) is 2.35. The second-order valence-corrected chi connectivity index (χ2v) is 7.28. The molecule has 5 nitrogen and oxygen atoms in total. The molecule has 0 bridgehead atoms. The number of aliphatic imine (C=N–C) groups is 1. The van der Waals surface area contributed by atoms with Gasteiger partial charge in [0, 0.05) is 13.5 Å². The van der Waals surface area contributed by atoms with Crippen LogP contribution in [0.5, 0.6) is 0 Å². The number of rotatable bonds is 3. The van der Waals surface area contributed by atoms with E-state index in [1.165, 1.54) is 28.5 Å². The van der Waals surface area contributed by atoms with Crippen molar-refractivity contribution in [3.63, 3.8) is 0 Å². The van der Waals surface area contributed by atoms with Gasteiger partial charge in [0.1, 0.15) is 0 Å². The summed E-state index contributed by atoms with van der Waals surface area (Å²) in [6.07, 6.45) is 0.724. The van der Waals surface area contributed by atoms with Crippen LogP contribution in [0.3, 0.4) is 0 Å². The Labute approximate surface area is 166 Å². The Morgan fingerprint density at radius 2 is 1.59 bits per heavy atom. The van der Waals surface area contributed by atoms with Crippen LogP contribution in [-0.4, -0.2) is 25.9 Å². The van der Waals surface area contributed by atoms with E-state index in [-0.39, 0.29) is 17.3 Å². The maximum Gasteiger partial charge on any atom is 0.294 e. The zero-order valence-electron chi connectivity index (χ0n) is 15.2. The minimum Gasteiger partial charge on any atom is -0.387 e. The topological polar surface area (TPSA) is 92.8 Å². The van der Waals surface area contributed by atoms with Crippen LogP contribution in [0.1, 0.15) is 11.1 Å². The highest BCUT2D eigenvalue weighted by atomic mass is 35.5. The predicted molar refractivity (Wildman–Crippen MR) is 113 cm³/mol. The molecule has 0 amide bonds. The van der Waals surface area contributed by atoms with Crippen molar-refractivity contribution in [2.24, 2.45) is 10.7 Å². The summed E-state index contributed by atoms with van der Waals surface area (Å²) in [7, 11) is -2.30. The van der Waals surface area contributed by atoms with Gasteiger partial charge in [-0.1, -0.05) is 60.2 Å². The number of halogens is 1. The summed E-state index contributed by atoms with van der Waals surface area (Å²) < 4.78 is 29.6. The van der Waals surface area contributed by atoms with Crippen molar-refractivity contribution in [2.45, 2.75) is 18.2 Å². The fraction of sp³-hybridized carbons (Fsp3) is 0.150. The number of nitrogens with two attached hydrogens (primary N) is 1. The number of nitrogens with zero attached hydrogens (tertiary/aromatic N) is 1. The zero-order valence-corrected chi connectivity index (χ0v) is 16.8. The first kappa shape index (κ1) is 22.6. The lowest BCUT2D eigenvalue weighted by molar-refractivity contribution is 0.483. The van der Waals surface area contributed by atoms with Crippen LogP contribution in [-0.2, 0) is 16.5 Å². The SMILES string of the molecule is CN=C(N)Cc1ccc2ccccc2c1.Cc1ccc(S(=O)(=O)O)cc1.Cl. The van der Waals surface area contributed by atoms with E-state index in [9.17, 15) is 8.42 Å². The first-order chi connectivity index (χ1) is 12.3. The standard InChI is InChI=1S/C13H14N2.C7H8O3S.ClH/c1-15-13(14)9-10-6-7-11-4-2-3-5-12(11)8-10;1-6-2-4-7(5-3-6)11(8,9)10;/h2-8H,9H2,1H3,(H2,14,15);2-5H,1H3,(H,8,9,10);1H. The van der Waals surface area contributed by atoms with Crippen LogP contribution in [0.25, 0.3) is 10.8 Å². The van der Waals surface area contributed by atoms with Gasteiger partial charge in [0.05, 0.1) is 10.7 Å². The zero-order chi connectivity index (χ0) is 19.2. The molecule has 0 unspecified atom stereocenters. The second-order valence-electron chi connectivity index (χ2n) is 5.86. The molecule has 0 saturated heterocycles. The van der Waals surface area contributed by atoms with E-state index in [0.717, 1.165) is 12.0 Å². The molecule has 3 N–H and O–H groups in total. The van der Waals surface area contributed by atoms with Gasteiger partial charge in [-0.05, 0) is 35.4 Å². The smallest absolute Gasteiger partial charge is 0.294 e. The molecule has 0 radical (unpaired) electrons. The van der Waals surface area contributed by atoms with Gasteiger partial charge in [-0.3, -0.25) is 9.55 Å². The molecular formula is C20H23ClN2O3S. The van der Waals surface area contributed by atoms with Crippen molar-refractivity contribution >= 4 is 39.1 Å². The maximum atomic E-state index is 10.5. The molecule has 3 aromatic carbocycles. The van der Waals surface area contributed by atoms with Crippen molar-refractivity contribution in [2.75, 3.05) is 7.05 Å². The molecule has 0 heterocycles. The highest BCUT2D eigenvalue weighted by Gasteiger charge is 2.06. The van der Waals surface area contributed by atoms with Crippen LogP contribution in [0.15, 0.2) is 76.6 Å². The van der Waals surface area contributed by atoms with Crippen LogP contribution in [0, 0.1) is 6.92 Å². The summed E-state index contributed by atoms with van der Waals surface area (Å²) in [5.74, 6) is 0.672. The maximum absolute atomic E-state index is 10.5. The van der Waals surface area contributed by atoms with Gasteiger partial charge in [-0.25, -0.2) is 0 Å². The van der Waals surface area contributed by atoms with Crippen molar-refractivity contribution in [3.8, 4) is 0 Å². The van der Waals surface area contributed by atoms with Gasteiger partial charge < -0.3 is 5.73 Å². The molecule has 7 heteroatoms. The normalized spacial score (nSPS) is 11.3. The third-order valence-electron chi connectivity index (χ3n) is 3.81. The molecule has 0 atom stereocenters. The molecule has 0 aliphatic carbocycles. The molecule has 0 spiro atoms. The van der Waals surface area contributed by atoms with Gasteiger partial charge in [0.25, 0.3) is 10.1 Å². The van der Waals surface area contributed by atoms with Crippen molar-refractivity contribution in [1.29, 1.82) is 0 Å². The molecule has 0 fully saturated rings. The Morgan fingerprint density at radius 3 is 2.15 bits per heavy atom. The van der Waals surface area contributed by atoms with Gasteiger partial charge in [-0.2, -0.15) is 8.42 Å². The van der Waals surface area contributed by atoms with Crippen molar-refractivity contribution in [3.05, 3.63) is 77.9 Å². The number of aryl methyl sites for hydroxylation is 1. The highest BCUT2D eigenvalue weighted by Crippen LogP contribution is 2.15. The minimum absolute atomic E-state index is 0. The van der Waals surface area contributed by atoms with Crippen LogP contribution >= 0.6 is 12.4 Å². The van der Waals surface area contributed by atoms with Gasteiger partial charge in [-0.15, -0.1) is 12.4 Å². The van der Waals surface area contributed by atoms with E-state index in [1.54, 1.807) is 19.2 Å². The monoisotopic (exact) mass is 406 g/mol. The van der Waals surface area contributed by atoms with Crippen molar-refractivity contribution in [1.82, 2.24) is 0 Å². The molecular weight excluding hydrogens is 384 g/mol. The van der Waals surface area contributed by atoms with E-state index in [0.29, 0.717) is 5.84 Å². The molecule has 27 heavy (non-hydrogen) atoms. The summed E-state index contributed by atoms with van der Waals surface area (Å²) >= 11 is 0. The fourth-order valence-corrected chi connectivity index (χ4v) is 2.83. The lowest BCUT2D eigenvalue weighted by Crippen LogP contribution is -2.14. The molecule has 0 aliphatic rings. The van der Waals surface area contributed by atoms with Gasteiger partial charge >= 0.3 is 0 Å². The first-order valence-corrected chi connectivity index (χ1v) is 9.46. The average molecular weight is 407 g/mol. The summed E-state index contributed by atoms with van der Waals surface area (Å²) in [6, 6.07) is 20.7. The van der Waals surface area contributed by atoms with E-state index in [4.69, 9.17) is 10.3 Å². The number of hydrogen-bond donors (Lipinski definition) is 2. The Hall–Kier alpha value is -2.41. The quantitative estimate of drug-likeness (QED) is 0.390. The highest BCUT2D eigenvalue weighted by molar-refractivity contribution is 7.85. The second kappa shape index (κ2) is 10.1. The molecule has 3 aromatic rings. The van der Waals surface area contributed by atoms with Gasteiger partial charge in [0.2, 0.25) is 0 Å². The Bertz CT molecular complexity index is 1020. The number of hydrogen-bond acceptors (Lipinski definition) is 3. The molecule has 0 aromatic heterocycles. The Morgan fingerprint density at radius 1 is 1.00 bits per heavy atom. The predicted octanol–water partition coefficient (Wildman–Crippen LogP) is 4.03. The van der Waals surface area contributed by atoms with Crippen molar-refractivity contribution < 1.29 is 13.0 Å². The molecule has 0 aliphatic heterocycles. The Kier molecular flexibility index (Phi) is 8.43. The summed E-state index contributed by atoms with van der Waals surface area (Å²) in [4.78, 5) is 3.89. The lowest BCUT2D eigenvalue weighted by atomic mass is 10.0. The van der Waals surface area contributed by atoms with Crippen LogP contribution in [0.4, 0.5) is 0 Å². The largest absolute Gasteiger partial charge is 0.387 e. The lowest BCUT2D eigenvalue weighted by Gasteiger charge is -2.03. The van der Waals surface area contributed by atoms with Crippen LogP contribution in [0.2, 0.25) is 0 Å². The minimum atomic E-state index is -4.02. The summed E-state index contributed by atoms with van der Waals surface area (Å²) in [6.45, 7) is 1.84. The number of fused-ring (bicyclic) bond motifs is 1. The van der Waals surface area contributed by atoms with Crippen LogP contribution < -0.4 is 5.73 Å². The first-order valence-electron chi connectivity index (χ1n) is 8.02.